The zero-order chi connectivity index (χ0) is 20.7. The maximum atomic E-state index is 12.8. The van der Waals surface area contributed by atoms with Crippen molar-refractivity contribution in [3.8, 4) is 0 Å². The number of aromatic nitrogens is 2. The monoisotopic (exact) mass is 406 g/mol. The first-order chi connectivity index (χ1) is 13.2. The number of aliphatic hydroxyl groups excluding tert-OH is 7. The number of aliphatic hydroxyl groups is 7. The van der Waals surface area contributed by atoms with Gasteiger partial charge in [-0.1, -0.05) is 0 Å². The average molecular weight is 406 g/mol. The molecule has 0 amide bonds. The molecule has 3 heterocycles. The summed E-state index contributed by atoms with van der Waals surface area (Å²) < 4.78 is 11.7. The van der Waals surface area contributed by atoms with E-state index in [0.29, 0.717) is 4.57 Å². The molecule has 13 nitrogen and oxygen atoms in total. The molecule has 13 heteroatoms. The van der Waals surface area contributed by atoms with Gasteiger partial charge in [0, 0.05) is 12.3 Å². The van der Waals surface area contributed by atoms with Gasteiger partial charge >= 0.3 is 5.69 Å². The van der Waals surface area contributed by atoms with Crippen LogP contribution in [0, 0.1) is 0 Å². The lowest BCUT2D eigenvalue weighted by Crippen LogP contribution is -2.60. The molecule has 0 bridgehead atoms. The van der Waals surface area contributed by atoms with E-state index in [0.717, 1.165) is 16.8 Å². The maximum absolute atomic E-state index is 12.8. The van der Waals surface area contributed by atoms with Gasteiger partial charge in [0.1, 0.15) is 42.7 Å². The van der Waals surface area contributed by atoms with E-state index in [1.165, 1.54) is 0 Å². The number of hydrogen-bond donors (Lipinski definition) is 7. The van der Waals surface area contributed by atoms with Gasteiger partial charge in [0.25, 0.3) is 5.56 Å². The van der Waals surface area contributed by atoms with Crippen molar-refractivity contribution in [2.24, 2.45) is 0 Å². The molecule has 0 radical (unpaired) electrons. The van der Waals surface area contributed by atoms with E-state index >= 15 is 0 Å². The minimum Gasteiger partial charge on any atom is -0.394 e. The van der Waals surface area contributed by atoms with E-state index in [4.69, 9.17) is 14.6 Å². The van der Waals surface area contributed by atoms with Crippen molar-refractivity contribution in [3.05, 3.63) is 33.1 Å². The first kappa shape index (κ1) is 21.0. The molecule has 2 aliphatic heterocycles. The van der Waals surface area contributed by atoms with E-state index in [1.807, 2.05) is 0 Å². The van der Waals surface area contributed by atoms with E-state index in [1.54, 1.807) is 0 Å². The zero-order valence-electron chi connectivity index (χ0n) is 14.4. The molecule has 7 N–H and O–H groups in total. The number of rotatable bonds is 4. The zero-order valence-corrected chi connectivity index (χ0v) is 14.4. The normalized spacial score (nSPS) is 41.3. The topological polar surface area (TPSA) is 204 Å². The Hall–Kier alpha value is -1.68. The summed E-state index contributed by atoms with van der Waals surface area (Å²) in [6.45, 7) is -1.39. The van der Waals surface area contributed by atoms with Crippen molar-refractivity contribution < 1.29 is 45.2 Å². The molecule has 1 aromatic rings. The van der Waals surface area contributed by atoms with E-state index in [2.05, 4.69) is 0 Å². The lowest BCUT2D eigenvalue weighted by atomic mass is 9.98. The summed E-state index contributed by atoms with van der Waals surface area (Å²) in [5.74, 6) is 0. The lowest BCUT2D eigenvalue weighted by molar-refractivity contribution is -0.253. The van der Waals surface area contributed by atoms with Crippen molar-refractivity contribution in [1.29, 1.82) is 0 Å². The standard InChI is InChI=1S/C15H22N2O11/c18-3-5-8(21)10(23)12(25)14(28-5)17-7(20)1-2-16(15(17)26)13-11(24)9(22)6(4-19)27-13/h1-2,5-6,8-14,18-19,21-25H,3-4H2/t5-,6-,8+,9-,10+,11-,12-,13-,14?/m1/s1. The Labute approximate surface area is 156 Å². The van der Waals surface area contributed by atoms with Gasteiger partial charge in [-0.3, -0.25) is 9.36 Å². The molecule has 0 aromatic carbocycles. The molecule has 9 atom stereocenters. The van der Waals surface area contributed by atoms with Crippen molar-refractivity contribution in [2.75, 3.05) is 13.2 Å². The first-order valence-corrected chi connectivity index (χ1v) is 8.49. The van der Waals surface area contributed by atoms with Gasteiger partial charge in [0.15, 0.2) is 12.5 Å². The fourth-order valence-electron chi connectivity index (χ4n) is 3.34. The van der Waals surface area contributed by atoms with Crippen LogP contribution >= 0.6 is 0 Å². The second-order valence-electron chi connectivity index (χ2n) is 6.66. The van der Waals surface area contributed by atoms with Crippen molar-refractivity contribution in [1.82, 2.24) is 9.13 Å². The summed E-state index contributed by atoms with van der Waals surface area (Å²) >= 11 is 0. The molecule has 0 aliphatic carbocycles. The fraction of sp³-hybridized carbons (Fsp3) is 0.733. The summed E-state index contributed by atoms with van der Waals surface area (Å²) in [5, 5.41) is 68.3. The highest BCUT2D eigenvalue weighted by molar-refractivity contribution is 4.98. The van der Waals surface area contributed by atoms with Crippen molar-refractivity contribution >= 4 is 0 Å². The van der Waals surface area contributed by atoms with Gasteiger partial charge in [0.2, 0.25) is 0 Å². The van der Waals surface area contributed by atoms with Gasteiger partial charge in [-0.15, -0.1) is 0 Å². The van der Waals surface area contributed by atoms with E-state index < -0.39 is 79.6 Å². The largest absolute Gasteiger partial charge is 0.394 e. The minimum atomic E-state index is -1.88. The SMILES string of the molecule is O=c1ccn([C@@H]2O[C@H](CO)[C@@H](O)[C@H]2O)c(=O)n1C1O[C@H](CO)[C@H](O)[C@H](O)[C@H]1O. The van der Waals surface area contributed by atoms with Crippen molar-refractivity contribution in [3.63, 3.8) is 0 Å². The number of ether oxygens (including phenoxy) is 2. The molecule has 28 heavy (non-hydrogen) atoms. The van der Waals surface area contributed by atoms with Crippen LogP contribution in [0.4, 0.5) is 0 Å². The molecular formula is C15H22N2O11. The van der Waals surface area contributed by atoms with Gasteiger partial charge in [-0.2, -0.15) is 0 Å². The highest BCUT2D eigenvalue weighted by Gasteiger charge is 2.47. The molecule has 2 fully saturated rings. The Kier molecular flexibility index (Phi) is 6.00. The van der Waals surface area contributed by atoms with Crippen LogP contribution in [0.2, 0.25) is 0 Å². The van der Waals surface area contributed by atoms with E-state index in [9.17, 15) is 40.2 Å². The maximum Gasteiger partial charge on any atom is 0.335 e. The van der Waals surface area contributed by atoms with Crippen LogP contribution in [-0.4, -0.2) is 101 Å². The Morgan fingerprint density at radius 3 is 1.86 bits per heavy atom. The van der Waals surface area contributed by atoms with Gasteiger partial charge < -0.3 is 45.2 Å². The van der Waals surface area contributed by atoms with Gasteiger partial charge in [0.05, 0.1) is 13.2 Å². The Balaban J connectivity index is 2.03. The van der Waals surface area contributed by atoms with Crippen LogP contribution in [0.5, 0.6) is 0 Å². The van der Waals surface area contributed by atoms with Crippen LogP contribution < -0.4 is 11.2 Å². The first-order valence-electron chi connectivity index (χ1n) is 8.49. The summed E-state index contributed by atoms with van der Waals surface area (Å²) in [4.78, 5) is 25.1. The Bertz CT molecular complexity index is 808. The number of nitrogens with zero attached hydrogens (tertiary/aromatic N) is 2. The predicted molar refractivity (Wildman–Crippen MR) is 87.0 cm³/mol. The molecule has 2 saturated heterocycles. The summed E-state index contributed by atoms with van der Waals surface area (Å²) in [6, 6.07) is 0.900. The third-order valence-electron chi connectivity index (χ3n) is 4.95. The smallest absolute Gasteiger partial charge is 0.335 e. The second kappa shape index (κ2) is 7.98. The minimum absolute atomic E-state index is 0.428. The van der Waals surface area contributed by atoms with Crippen LogP contribution in [0.3, 0.4) is 0 Å². The highest BCUT2D eigenvalue weighted by Crippen LogP contribution is 2.29. The molecule has 0 spiro atoms. The van der Waals surface area contributed by atoms with Crippen LogP contribution in [0.1, 0.15) is 12.5 Å². The predicted octanol–water partition coefficient (Wildman–Crippen LogP) is -5.41. The molecule has 3 rings (SSSR count). The molecule has 1 aromatic heterocycles. The molecule has 1 unspecified atom stereocenters. The molecular weight excluding hydrogens is 384 g/mol. The van der Waals surface area contributed by atoms with Gasteiger partial charge in [-0.05, 0) is 0 Å². The summed E-state index contributed by atoms with van der Waals surface area (Å²) in [5.41, 5.74) is -2.05. The summed E-state index contributed by atoms with van der Waals surface area (Å²) in [6.07, 6.45) is -13.2. The van der Waals surface area contributed by atoms with Crippen molar-refractivity contribution in [2.45, 2.75) is 55.2 Å². The molecule has 2 aliphatic rings. The summed E-state index contributed by atoms with van der Waals surface area (Å²) in [7, 11) is 0. The second-order valence-corrected chi connectivity index (χ2v) is 6.66. The Morgan fingerprint density at radius 1 is 0.786 bits per heavy atom. The van der Waals surface area contributed by atoms with E-state index in [-0.39, 0.29) is 0 Å². The lowest BCUT2D eigenvalue weighted by Gasteiger charge is -2.40. The third kappa shape index (κ3) is 3.30. The molecule has 158 valence electrons. The number of hydrogen-bond acceptors (Lipinski definition) is 11. The van der Waals surface area contributed by atoms with Crippen LogP contribution in [0.25, 0.3) is 0 Å². The molecule has 0 saturated carbocycles. The third-order valence-corrected chi connectivity index (χ3v) is 4.95. The quantitative estimate of drug-likeness (QED) is 0.251. The van der Waals surface area contributed by atoms with Gasteiger partial charge in [-0.25, -0.2) is 9.36 Å². The fourth-order valence-corrected chi connectivity index (χ4v) is 3.34. The highest BCUT2D eigenvalue weighted by atomic mass is 16.6. The van der Waals surface area contributed by atoms with Crippen LogP contribution in [-0.2, 0) is 9.47 Å². The Morgan fingerprint density at radius 2 is 1.29 bits per heavy atom. The average Bonchev–Trinajstić information content (AvgIpc) is 2.96. The van der Waals surface area contributed by atoms with Crippen LogP contribution in [0.15, 0.2) is 21.9 Å².